The summed E-state index contributed by atoms with van der Waals surface area (Å²) in [6.07, 6.45) is 2.06. The Bertz CT molecular complexity index is 620. The molecule has 0 bridgehead atoms. The van der Waals surface area contributed by atoms with E-state index >= 15 is 0 Å². The van der Waals surface area contributed by atoms with Crippen molar-refractivity contribution in [2.24, 2.45) is 0 Å². The molecule has 5 heteroatoms. The minimum atomic E-state index is 0.0380. The summed E-state index contributed by atoms with van der Waals surface area (Å²) >= 11 is 0. The van der Waals surface area contributed by atoms with Gasteiger partial charge in [0, 0.05) is 43.5 Å². The average Bonchev–Trinajstić information content (AvgIpc) is 2.97. The molecule has 0 unspecified atom stereocenters. The zero-order chi connectivity index (χ0) is 15.6. The van der Waals surface area contributed by atoms with Crippen LogP contribution in [-0.2, 0) is 12.0 Å². The lowest BCUT2D eigenvalue weighted by Gasteiger charge is -2.31. The Hall–Kier alpha value is -1.88. The Labute approximate surface area is 132 Å². The Balaban J connectivity index is 1.81. The second-order valence-electron chi connectivity index (χ2n) is 6.92. The predicted octanol–water partition coefficient (Wildman–Crippen LogP) is 2.03. The first-order chi connectivity index (χ1) is 10.5. The molecule has 3 rings (SSSR count). The maximum absolute atomic E-state index is 4.32. The maximum Gasteiger partial charge on any atom is 0.0880 e. The van der Waals surface area contributed by atoms with E-state index in [-0.39, 0.29) is 5.41 Å². The molecule has 1 N–H and O–H groups in total. The Kier molecular flexibility index (Phi) is 4.16. The second kappa shape index (κ2) is 6.08. The summed E-state index contributed by atoms with van der Waals surface area (Å²) in [5.74, 6) is 0. The van der Waals surface area contributed by atoms with Crippen LogP contribution in [0, 0.1) is 0 Å². The van der Waals surface area contributed by atoms with Gasteiger partial charge >= 0.3 is 0 Å². The Morgan fingerprint density at radius 2 is 1.86 bits per heavy atom. The van der Waals surface area contributed by atoms with Crippen molar-refractivity contribution in [3.63, 3.8) is 0 Å². The Morgan fingerprint density at radius 1 is 1.14 bits per heavy atom. The summed E-state index contributed by atoms with van der Waals surface area (Å²) in [4.78, 5) is 2.45. The van der Waals surface area contributed by atoms with Gasteiger partial charge in [0.2, 0.25) is 0 Å². The van der Waals surface area contributed by atoms with Gasteiger partial charge in [-0.3, -0.25) is 0 Å². The van der Waals surface area contributed by atoms with Gasteiger partial charge in [-0.2, -0.15) is 0 Å². The molecule has 1 aromatic carbocycles. The fraction of sp³-hybridized carbons (Fsp3) is 0.529. The van der Waals surface area contributed by atoms with Crippen molar-refractivity contribution < 1.29 is 0 Å². The highest BCUT2D eigenvalue weighted by Gasteiger charge is 2.19. The lowest BCUT2D eigenvalue weighted by Crippen LogP contribution is -2.43. The van der Waals surface area contributed by atoms with E-state index in [1.54, 1.807) is 0 Å². The molecular weight excluding hydrogens is 274 g/mol. The van der Waals surface area contributed by atoms with Gasteiger partial charge in [-0.15, -0.1) is 5.10 Å². The van der Waals surface area contributed by atoms with Crippen LogP contribution in [0.4, 0.5) is 5.69 Å². The standard InChI is InChI=1S/C17H25N5/c1-17(2,3)16-13-22(20-19-16)12-14-6-4-5-7-15(14)21-10-8-18-9-11-21/h4-7,13,18H,8-12H2,1-3H3. The number of aromatic nitrogens is 3. The van der Waals surface area contributed by atoms with E-state index in [0.717, 1.165) is 38.4 Å². The molecular formula is C17H25N5. The monoisotopic (exact) mass is 299 g/mol. The molecule has 22 heavy (non-hydrogen) atoms. The molecule has 0 spiro atoms. The van der Waals surface area contributed by atoms with E-state index in [9.17, 15) is 0 Å². The van der Waals surface area contributed by atoms with E-state index in [1.807, 2.05) is 4.68 Å². The number of nitrogens with one attached hydrogen (secondary N) is 1. The van der Waals surface area contributed by atoms with Gasteiger partial charge in [-0.1, -0.05) is 44.2 Å². The second-order valence-corrected chi connectivity index (χ2v) is 6.92. The summed E-state index contributed by atoms with van der Waals surface area (Å²) in [7, 11) is 0. The molecule has 118 valence electrons. The van der Waals surface area contributed by atoms with Crippen molar-refractivity contribution in [1.29, 1.82) is 0 Å². The summed E-state index contributed by atoms with van der Waals surface area (Å²) in [5, 5.41) is 12.0. The fourth-order valence-electron chi connectivity index (χ4n) is 2.75. The molecule has 1 aliphatic rings. The topological polar surface area (TPSA) is 46.0 Å². The molecule has 0 saturated carbocycles. The number of nitrogens with zero attached hydrogens (tertiary/aromatic N) is 4. The fourth-order valence-corrected chi connectivity index (χ4v) is 2.75. The van der Waals surface area contributed by atoms with Gasteiger partial charge in [0.15, 0.2) is 0 Å². The number of hydrogen-bond acceptors (Lipinski definition) is 4. The normalized spacial score (nSPS) is 16.0. The number of para-hydroxylation sites is 1. The van der Waals surface area contributed by atoms with Crippen molar-refractivity contribution >= 4 is 5.69 Å². The van der Waals surface area contributed by atoms with Gasteiger partial charge in [0.05, 0.1) is 12.2 Å². The minimum absolute atomic E-state index is 0.0380. The van der Waals surface area contributed by atoms with Crippen LogP contribution >= 0.6 is 0 Å². The zero-order valence-electron chi connectivity index (χ0n) is 13.7. The first-order valence-electron chi connectivity index (χ1n) is 7.98. The van der Waals surface area contributed by atoms with Crippen LogP contribution in [0.2, 0.25) is 0 Å². The highest BCUT2D eigenvalue weighted by molar-refractivity contribution is 5.54. The lowest BCUT2D eigenvalue weighted by molar-refractivity contribution is 0.566. The molecule has 2 aromatic rings. The highest BCUT2D eigenvalue weighted by Crippen LogP contribution is 2.23. The third-order valence-corrected chi connectivity index (χ3v) is 4.09. The van der Waals surface area contributed by atoms with Gasteiger partial charge in [0.1, 0.15) is 0 Å². The first kappa shape index (κ1) is 15.0. The first-order valence-corrected chi connectivity index (χ1v) is 7.98. The molecule has 1 aromatic heterocycles. The molecule has 0 radical (unpaired) electrons. The molecule has 0 aliphatic carbocycles. The van der Waals surface area contributed by atoms with Crippen molar-refractivity contribution in [3.8, 4) is 0 Å². The quantitative estimate of drug-likeness (QED) is 0.942. The average molecular weight is 299 g/mol. The molecule has 5 nitrogen and oxygen atoms in total. The van der Waals surface area contributed by atoms with E-state index in [2.05, 4.69) is 71.8 Å². The van der Waals surface area contributed by atoms with E-state index < -0.39 is 0 Å². The number of rotatable bonds is 3. The molecule has 1 saturated heterocycles. The number of hydrogen-bond donors (Lipinski definition) is 1. The van der Waals surface area contributed by atoms with Crippen LogP contribution in [0.1, 0.15) is 32.0 Å². The third-order valence-electron chi connectivity index (χ3n) is 4.09. The largest absolute Gasteiger partial charge is 0.369 e. The lowest BCUT2D eigenvalue weighted by atomic mass is 9.93. The minimum Gasteiger partial charge on any atom is -0.369 e. The van der Waals surface area contributed by atoms with Crippen LogP contribution in [-0.4, -0.2) is 41.2 Å². The van der Waals surface area contributed by atoms with Crippen LogP contribution in [0.3, 0.4) is 0 Å². The number of anilines is 1. The van der Waals surface area contributed by atoms with E-state index in [1.165, 1.54) is 11.3 Å². The van der Waals surface area contributed by atoms with E-state index in [0.29, 0.717) is 0 Å². The van der Waals surface area contributed by atoms with Crippen molar-refractivity contribution in [2.75, 3.05) is 31.1 Å². The molecule has 0 amide bonds. The van der Waals surface area contributed by atoms with Crippen LogP contribution in [0.5, 0.6) is 0 Å². The van der Waals surface area contributed by atoms with E-state index in [4.69, 9.17) is 0 Å². The zero-order valence-corrected chi connectivity index (χ0v) is 13.7. The van der Waals surface area contributed by atoms with Crippen LogP contribution < -0.4 is 10.2 Å². The number of piperazine rings is 1. The third kappa shape index (κ3) is 3.30. The van der Waals surface area contributed by atoms with Gasteiger partial charge in [0.25, 0.3) is 0 Å². The predicted molar refractivity (Wildman–Crippen MR) is 89.3 cm³/mol. The summed E-state index contributed by atoms with van der Waals surface area (Å²) in [6, 6.07) is 8.61. The maximum atomic E-state index is 4.32. The van der Waals surface area contributed by atoms with Crippen LogP contribution in [0.15, 0.2) is 30.5 Å². The smallest absolute Gasteiger partial charge is 0.0880 e. The van der Waals surface area contributed by atoms with Crippen molar-refractivity contribution in [1.82, 2.24) is 20.3 Å². The van der Waals surface area contributed by atoms with Gasteiger partial charge in [-0.05, 0) is 11.6 Å². The molecule has 0 atom stereocenters. The summed E-state index contributed by atoms with van der Waals surface area (Å²) in [6.45, 7) is 11.5. The SMILES string of the molecule is CC(C)(C)c1cn(Cc2ccccc2N2CCNCC2)nn1. The highest BCUT2D eigenvalue weighted by atomic mass is 15.4. The molecule has 1 aliphatic heterocycles. The Morgan fingerprint density at radius 3 is 2.55 bits per heavy atom. The van der Waals surface area contributed by atoms with Crippen LogP contribution in [0.25, 0.3) is 0 Å². The van der Waals surface area contributed by atoms with Gasteiger partial charge < -0.3 is 10.2 Å². The summed E-state index contributed by atoms with van der Waals surface area (Å²) in [5.41, 5.74) is 3.69. The molecule has 2 heterocycles. The van der Waals surface area contributed by atoms with Crippen molar-refractivity contribution in [3.05, 3.63) is 41.7 Å². The number of benzene rings is 1. The van der Waals surface area contributed by atoms with Crippen molar-refractivity contribution in [2.45, 2.75) is 32.7 Å². The molecule has 1 fully saturated rings. The van der Waals surface area contributed by atoms with Gasteiger partial charge in [-0.25, -0.2) is 4.68 Å². The summed E-state index contributed by atoms with van der Waals surface area (Å²) < 4.78 is 1.95.